The quantitative estimate of drug-likeness (QED) is 0.716. The molecule has 0 bridgehead atoms. The number of fused-ring (bicyclic) bond motifs is 1. The molecule has 0 saturated carbocycles. The van der Waals surface area contributed by atoms with E-state index < -0.39 is 7.82 Å². The lowest BCUT2D eigenvalue weighted by molar-refractivity contribution is 0.168. The number of nitrogens with zero attached hydrogens (tertiary/aromatic N) is 1. The molecule has 6 heteroatoms. The zero-order valence-electron chi connectivity index (χ0n) is 13.8. The first kappa shape index (κ1) is 17.1. The van der Waals surface area contributed by atoms with Gasteiger partial charge in [-0.25, -0.2) is 4.57 Å². The minimum Gasteiger partial charge on any atom is -0.402 e. The normalized spacial score (nSPS) is 12.8. The summed E-state index contributed by atoms with van der Waals surface area (Å²) in [6.45, 7) is 10.4. The number of phosphoric ester groups is 1. The fourth-order valence-corrected chi connectivity index (χ4v) is 3.50. The fraction of sp³-hybridized carbons (Fsp3) is 0.500. The van der Waals surface area contributed by atoms with Crippen LogP contribution in [0.5, 0.6) is 5.75 Å². The highest BCUT2D eigenvalue weighted by atomic mass is 31.2. The second kappa shape index (κ2) is 6.45. The molecule has 122 valence electrons. The first-order valence-corrected chi connectivity index (χ1v) is 8.96. The summed E-state index contributed by atoms with van der Waals surface area (Å²) in [5, 5.41) is 0. The zero-order chi connectivity index (χ0) is 16.4. The van der Waals surface area contributed by atoms with E-state index in [0.29, 0.717) is 5.75 Å². The van der Waals surface area contributed by atoms with Gasteiger partial charge in [-0.05, 0) is 26.0 Å². The molecule has 0 aliphatic rings. The van der Waals surface area contributed by atoms with Crippen molar-refractivity contribution >= 4 is 13.3 Å². The number of aromatic nitrogens is 1. The van der Waals surface area contributed by atoms with Crippen LogP contribution in [0.1, 0.15) is 40.3 Å². The van der Waals surface area contributed by atoms with Gasteiger partial charge in [-0.3, -0.25) is 9.05 Å². The van der Waals surface area contributed by atoms with Crippen molar-refractivity contribution in [1.82, 2.24) is 4.40 Å². The van der Waals surface area contributed by atoms with E-state index in [1.807, 2.05) is 34.9 Å². The van der Waals surface area contributed by atoms with Gasteiger partial charge in [0.1, 0.15) is 0 Å². The largest absolute Gasteiger partial charge is 0.530 e. The maximum Gasteiger partial charge on any atom is 0.530 e. The third-order valence-corrected chi connectivity index (χ3v) is 4.76. The van der Waals surface area contributed by atoms with E-state index in [2.05, 4.69) is 20.8 Å². The first-order valence-electron chi connectivity index (χ1n) is 7.50. The first-order chi connectivity index (χ1) is 10.3. The van der Waals surface area contributed by atoms with E-state index >= 15 is 0 Å². The molecule has 2 rings (SSSR count). The number of phosphoric acid groups is 1. The molecule has 0 fully saturated rings. The van der Waals surface area contributed by atoms with Gasteiger partial charge in [-0.1, -0.05) is 26.8 Å². The molecule has 5 nitrogen and oxygen atoms in total. The van der Waals surface area contributed by atoms with E-state index in [-0.39, 0.29) is 18.6 Å². The summed E-state index contributed by atoms with van der Waals surface area (Å²) in [5.74, 6) is 0.510. The van der Waals surface area contributed by atoms with E-state index in [1.54, 1.807) is 13.8 Å². The molecule has 0 saturated heterocycles. The van der Waals surface area contributed by atoms with E-state index in [9.17, 15) is 4.57 Å². The van der Waals surface area contributed by atoms with E-state index in [4.69, 9.17) is 13.6 Å². The Balaban J connectivity index is 2.50. The average Bonchev–Trinajstić information content (AvgIpc) is 2.78. The smallest absolute Gasteiger partial charge is 0.402 e. The Labute approximate surface area is 131 Å². The number of hydrogen-bond acceptors (Lipinski definition) is 4. The van der Waals surface area contributed by atoms with Crippen LogP contribution in [0.4, 0.5) is 0 Å². The average molecular weight is 325 g/mol. The summed E-state index contributed by atoms with van der Waals surface area (Å²) < 4.78 is 30.7. The number of rotatable bonds is 6. The summed E-state index contributed by atoms with van der Waals surface area (Å²) in [5.41, 5.74) is 1.83. The van der Waals surface area contributed by atoms with Crippen LogP contribution in [-0.2, 0) is 19.0 Å². The molecular weight excluding hydrogens is 301 g/mol. The highest BCUT2D eigenvalue weighted by molar-refractivity contribution is 7.48. The highest BCUT2D eigenvalue weighted by Gasteiger charge is 2.30. The number of hydrogen-bond donors (Lipinski definition) is 0. The van der Waals surface area contributed by atoms with Gasteiger partial charge in [0.15, 0.2) is 5.75 Å². The van der Waals surface area contributed by atoms with Crippen LogP contribution in [0.3, 0.4) is 0 Å². The van der Waals surface area contributed by atoms with Gasteiger partial charge in [0.05, 0.1) is 18.7 Å². The molecule has 2 aromatic rings. The third-order valence-electron chi connectivity index (χ3n) is 3.19. The van der Waals surface area contributed by atoms with Crippen LogP contribution >= 0.6 is 7.82 Å². The monoisotopic (exact) mass is 325 g/mol. The standard InChI is InChI=1S/C16H24NO4P/c1-6-19-22(18,20-7-2)21-14-12-15(16(3,4)5)17-11-9-8-10-13(14)17/h8-12H,6-7H2,1-5H3. The Hall–Kier alpha value is -1.29. The molecule has 2 heterocycles. The molecular formula is C16H24NO4P. The van der Waals surface area contributed by atoms with E-state index in [0.717, 1.165) is 11.2 Å². The van der Waals surface area contributed by atoms with Crippen LogP contribution < -0.4 is 4.52 Å². The number of pyridine rings is 1. The van der Waals surface area contributed by atoms with Crippen LogP contribution in [-0.4, -0.2) is 17.6 Å². The predicted octanol–water partition coefficient (Wildman–Crippen LogP) is 4.80. The van der Waals surface area contributed by atoms with Crippen LogP contribution in [0.2, 0.25) is 0 Å². The minimum atomic E-state index is -3.60. The molecule has 22 heavy (non-hydrogen) atoms. The van der Waals surface area contributed by atoms with Crippen molar-refractivity contribution in [2.45, 2.75) is 40.0 Å². The summed E-state index contributed by atoms with van der Waals surface area (Å²) in [4.78, 5) is 0. The van der Waals surface area contributed by atoms with Gasteiger partial charge in [-0.2, -0.15) is 0 Å². The molecule has 0 N–H and O–H groups in total. The zero-order valence-corrected chi connectivity index (χ0v) is 14.7. The summed E-state index contributed by atoms with van der Waals surface area (Å²) in [7, 11) is -3.60. The Morgan fingerprint density at radius 3 is 2.32 bits per heavy atom. The molecule has 0 unspecified atom stereocenters. The van der Waals surface area contributed by atoms with Gasteiger partial charge in [0.25, 0.3) is 0 Å². The van der Waals surface area contributed by atoms with Gasteiger partial charge < -0.3 is 8.92 Å². The Bertz CT molecular complexity index is 677. The topological polar surface area (TPSA) is 49.2 Å². The SMILES string of the molecule is CCOP(=O)(OCC)Oc1cc(C(C)(C)C)n2ccccc12. The van der Waals surface area contributed by atoms with Gasteiger partial charge in [0, 0.05) is 23.4 Å². The Kier molecular flexibility index (Phi) is 5.00. The predicted molar refractivity (Wildman–Crippen MR) is 87.6 cm³/mol. The van der Waals surface area contributed by atoms with Crippen molar-refractivity contribution in [1.29, 1.82) is 0 Å². The lowest BCUT2D eigenvalue weighted by Gasteiger charge is -2.18. The van der Waals surface area contributed by atoms with Gasteiger partial charge in [-0.15, -0.1) is 0 Å². The highest BCUT2D eigenvalue weighted by Crippen LogP contribution is 2.51. The van der Waals surface area contributed by atoms with Crippen molar-refractivity contribution in [3.63, 3.8) is 0 Å². The molecule has 0 spiro atoms. The molecule has 2 aromatic heterocycles. The van der Waals surface area contributed by atoms with Crippen molar-refractivity contribution in [3.05, 3.63) is 36.2 Å². The second-order valence-electron chi connectivity index (χ2n) is 5.97. The molecule has 0 amide bonds. The van der Waals surface area contributed by atoms with Crippen molar-refractivity contribution in [2.24, 2.45) is 0 Å². The van der Waals surface area contributed by atoms with E-state index in [1.165, 1.54) is 0 Å². The van der Waals surface area contributed by atoms with Crippen molar-refractivity contribution in [3.8, 4) is 5.75 Å². The maximum absolute atomic E-state index is 12.6. The summed E-state index contributed by atoms with van der Waals surface area (Å²) >= 11 is 0. The molecule has 0 aliphatic carbocycles. The van der Waals surface area contributed by atoms with Crippen molar-refractivity contribution in [2.75, 3.05) is 13.2 Å². The van der Waals surface area contributed by atoms with Crippen LogP contribution in [0.15, 0.2) is 30.5 Å². The Morgan fingerprint density at radius 1 is 1.14 bits per heavy atom. The molecule has 0 atom stereocenters. The summed E-state index contributed by atoms with van der Waals surface area (Å²) in [6, 6.07) is 7.70. The maximum atomic E-state index is 12.6. The summed E-state index contributed by atoms with van der Waals surface area (Å²) in [6.07, 6.45) is 1.97. The van der Waals surface area contributed by atoms with Crippen LogP contribution in [0, 0.1) is 0 Å². The molecule has 0 aliphatic heterocycles. The second-order valence-corrected chi connectivity index (χ2v) is 7.57. The molecule has 0 aromatic carbocycles. The van der Waals surface area contributed by atoms with Crippen LogP contribution in [0.25, 0.3) is 5.52 Å². The van der Waals surface area contributed by atoms with Gasteiger partial charge in [0.2, 0.25) is 0 Å². The lowest BCUT2D eigenvalue weighted by Crippen LogP contribution is -2.13. The molecule has 0 radical (unpaired) electrons. The van der Waals surface area contributed by atoms with Gasteiger partial charge >= 0.3 is 7.82 Å². The van der Waals surface area contributed by atoms with Crippen molar-refractivity contribution < 1.29 is 18.1 Å². The lowest BCUT2D eigenvalue weighted by atomic mass is 9.92. The fourth-order valence-electron chi connectivity index (χ4n) is 2.30. The Morgan fingerprint density at radius 2 is 1.77 bits per heavy atom. The minimum absolute atomic E-state index is 0.0763. The third kappa shape index (κ3) is 3.54.